The van der Waals surface area contributed by atoms with Crippen molar-refractivity contribution in [2.24, 2.45) is 0 Å². The van der Waals surface area contributed by atoms with Gasteiger partial charge in [0.1, 0.15) is 5.78 Å². The van der Waals surface area contributed by atoms with Gasteiger partial charge in [0.2, 0.25) is 0 Å². The topological polar surface area (TPSA) is 17.1 Å². The lowest BCUT2D eigenvalue weighted by Crippen LogP contribution is -2.18. The van der Waals surface area contributed by atoms with Gasteiger partial charge in [-0.25, -0.2) is 0 Å². The molecular weight excluding hydrogens is 253 g/mol. The highest BCUT2D eigenvalue weighted by Gasteiger charge is 2.49. The first-order chi connectivity index (χ1) is 7.77. The van der Waals surface area contributed by atoms with E-state index >= 15 is 0 Å². The molecule has 1 saturated carbocycles. The maximum Gasteiger partial charge on any atom is 0.417 e. The van der Waals surface area contributed by atoms with Crippen LogP contribution in [0.3, 0.4) is 0 Å². The van der Waals surface area contributed by atoms with Gasteiger partial charge in [0.05, 0.1) is 16.0 Å². The smallest absolute Gasteiger partial charge is 0.299 e. The number of halogens is 4. The molecule has 0 aromatic heterocycles. The zero-order valence-corrected chi connectivity index (χ0v) is 9.82. The van der Waals surface area contributed by atoms with Crippen LogP contribution in [0, 0.1) is 0 Å². The summed E-state index contributed by atoms with van der Waals surface area (Å²) in [6.07, 6.45) is -3.26. The van der Waals surface area contributed by atoms with Gasteiger partial charge < -0.3 is 0 Å². The molecule has 0 aliphatic heterocycles. The van der Waals surface area contributed by atoms with Crippen LogP contribution >= 0.6 is 11.6 Å². The lowest BCUT2D eigenvalue weighted by Gasteiger charge is -2.15. The second-order valence-electron chi connectivity index (χ2n) is 4.33. The minimum absolute atomic E-state index is 0.0899. The monoisotopic (exact) mass is 262 g/mol. The van der Waals surface area contributed by atoms with Crippen LogP contribution < -0.4 is 0 Å². The van der Waals surface area contributed by atoms with Crippen LogP contribution in [0.15, 0.2) is 18.2 Å². The molecule has 0 saturated heterocycles. The van der Waals surface area contributed by atoms with E-state index in [-0.39, 0.29) is 10.8 Å². The molecule has 0 heterocycles. The van der Waals surface area contributed by atoms with E-state index in [9.17, 15) is 18.0 Å². The van der Waals surface area contributed by atoms with Crippen molar-refractivity contribution in [2.45, 2.75) is 31.4 Å². The van der Waals surface area contributed by atoms with E-state index in [1.165, 1.54) is 19.1 Å². The number of carbonyl (C=O) groups excluding carboxylic acids is 1. The van der Waals surface area contributed by atoms with E-state index < -0.39 is 17.2 Å². The first-order valence-corrected chi connectivity index (χ1v) is 5.53. The Hall–Kier alpha value is -1.03. The minimum atomic E-state index is -4.49. The van der Waals surface area contributed by atoms with Gasteiger partial charge in [-0.1, -0.05) is 17.7 Å². The van der Waals surface area contributed by atoms with Crippen molar-refractivity contribution in [3.05, 3.63) is 34.3 Å². The Morgan fingerprint density at radius 2 is 1.94 bits per heavy atom. The Morgan fingerprint density at radius 1 is 1.35 bits per heavy atom. The average Bonchev–Trinajstić information content (AvgIpc) is 2.97. The first-order valence-electron chi connectivity index (χ1n) is 5.16. The van der Waals surface area contributed by atoms with Crippen LogP contribution in [0.25, 0.3) is 0 Å². The molecular formula is C12H10ClF3O. The predicted molar refractivity (Wildman–Crippen MR) is 58.0 cm³/mol. The van der Waals surface area contributed by atoms with Gasteiger partial charge in [-0.3, -0.25) is 4.79 Å². The normalized spacial score (nSPS) is 17.9. The van der Waals surface area contributed by atoms with Crippen molar-refractivity contribution in [1.82, 2.24) is 0 Å². The molecule has 1 nitrogen and oxygen atoms in total. The average molecular weight is 263 g/mol. The molecule has 0 amide bonds. The molecule has 1 aliphatic rings. The Morgan fingerprint density at radius 3 is 2.35 bits per heavy atom. The summed E-state index contributed by atoms with van der Waals surface area (Å²) in [5.41, 5.74) is -1.16. The van der Waals surface area contributed by atoms with Gasteiger partial charge in [-0.15, -0.1) is 0 Å². The molecule has 0 atom stereocenters. The van der Waals surface area contributed by atoms with Crippen LogP contribution in [0.1, 0.15) is 30.9 Å². The predicted octanol–water partition coefficient (Wildman–Crippen LogP) is 3.98. The van der Waals surface area contributed by atoms with Crippen LogP contribution in [-0.2, 0) is 16.4 Å². The van der Waals surface area contributed by atoms with Crippen molar-refractivity contribution in [1.29, 1.82) is 0 Å². The highest BCUT2D eigenvalue weighted by molar-refractivity contribution is 6.31. The summed E-state index contributed by atoms with van der Waals surface area (Å²) in [4.78, 5) is 11.5. The fourth-order valence-electron chi connectivity index (χ4n) is 2.01. The van der Waals surface area contributed by atoms with Crippen molar-refractivity contribution < 1.29 is 18.0 Å². The number of alkyl halides is 3. The SMILES string of the molecule is CC(=O)C1(c2ccc(Cl)c(C(F)(F)F)c2)CC1. The molecule has 0 spiro atoms. The molecule has 1 aromatic carbocycles. The fraction of sp³-hybridized carbons (Fsp3) is 0.417. The van der Waals surface area contributed by atoms with Crippen molar-refractivity contribution >= 4 is 17.4 Å². The van der Waals surface area contributed by atoms with E-state index in [0.29, 0.717) is 18.4 Å². The number of Topliss-reactive ketones (excluding diaryl/α,β-unsaturated/α-hetero) is 1. The van der Waals surface area contributed by atoms with E-state index in [1.807, 2.05) is 0 Å². The third-order valence-corrected chi connectivity index (χ3v) is 3.58. The van der Waals surface area contributed by atoms with Crippen LogP contribution in [0.5, 0.6) is 0 Å². The molecule has 5 heteroatoms. The number of carbonyl (C=O) groups is 1. The van der Waals surface area contributed by atoms with Gasteiger partial charge in [-0.2, -0.15) is 13.2 Å². The van der Waals surface area contributed by atoms with Crippen molar-refractivity contribution in [2.75, 3.05) is 0 Å². The second-order valence-corrected chi connectivity index (χ2v) is 4.74. The number of hydrogen-bond donors (Lipinski definition) is 0. The lowest BCUT2D eigenvalue weighted by molar-refractivity contribution is -0.137. The van der Waals surface area contributed by atoms with Gasteiger partial charge in [0, 0.05) is 0 Å². The summed E-state index contributed by atoms with van der Waals surface area (Å²) < 4.78 is 38.0. The molecule has 1 aromatic rings. The third-order valence-electron chi connectivity index (χ3n) is 3.25. The first kappa shape index (κ1) is 12.4. The second kappa shape index (κ2) is 3.73. The zero-order chi connectivity index (χ0) is 12.8. The highest BCUT2D eigenvalue weighted by atomic mass is 35.5. The quantitative estimate of drug-likeness (QED) is 0.788. The molecule has 0 N–H and O–H groups in total. The summed E-state index contributed by atoms with van der Waals surface area (Å²) in [5.74, 6) is -0.0899. The van der Waals surface area contributed by atoms with E-state index in [2.05, 4.69) is 0 Å². The number of benzene rings is 1. The summed E-state index contributed by atoms with van der Waals surface area (Å²) in [7, 11) is 0. The Bertz CT molecular complexity index is 475. The molecule has 92 valence electrons. The molecule has 0 unspecified atom stereocenters. The zero-order valence-electron chi connectivity index (χ0n) is 9.07. The lowest BCUT2D eigenvalue weighted by atomic mass is 9.91. The molecule has 2 rings (SSSR count). The summed E-state index contributed by atoms with van der Waals surface area (Å²) in [6.45, 7) is 1.41. The highest BCUT2D eigenvalue weighted by Crippen LogP contribution is 2.50. The molecule has 1 fully saturated rings. The van der Waals surface area contributed by atoms with Crippen LogP contribution in [0.2, 0.25) is 5.02 Å². The van der Waals surface area contributed by atoms with Gasteiger partial charge in [0.25, 0.3) is 0 Å². The molecule has 17 heavy (non-hydrogen) atoms. The Kier molecular flexibility index (Phi) is 2.73. The fourth-order valence-corrected chi connectivity index (χ4v) is 2.23. The van der Waals surface area contributed by atoms with Crippen LogP contribution in [-0.4, -0.2) is 5.78 Å². The van der Waals surface area contributed by atoms with E-state index in [0.717, 1.165) is 6.07 Å². The maximum atomic E-state index is 12.7. The Labute approximate surface area is 102 Å². The van der Waals surface area contributed by atoms with Crippen molar-refractivity contribution in [3.8, 4) is 0 Å². The number of hydrogen-bond acceptors (Lipinski definition) is 1. The van der Waals surface area contributed by atoms with Crippen molar-refractivity contribution in [3.63, 3.8) is 0 Å². The third kappa shape index (κ3) is 2.06. The van der Waals surface area contributed by atoms with E-state index in [4.69, 9.17) is 11.6 Å². The molecule has 0 bridgehead atoms. The Balaban J connectivity index is 2.49. The summed E-state index contributed by atoms with van der Waals surface area (Å²) >= 11 is 5.53. The molecule has 0 radical (unpaired) electrons. The number of ketones is 1. The minimum Gasteiger partial charge on any atom is -0.299 e. The van der Waals surface area contributed by atoms with Gasteiger partial charge in [0.15, 0.2) is 0 Å². The number of rotatable bonds is 2. The summed E-state index contributed by atoms with van der Waals surface area (Å²) in [5, 5.41) is -0.333. The summed E-state index contributed by atoms with van der Waals surface area (Å²) in [6, 6.07) is 3.71. The van der Waals surface area contributed by atoms with Gasteiger partial charge >= 0.3 is 6.18 Å². The largest absolute Gasteiger partial charge is 0.417 e. The van der Waals surface area contributed by atoms with E-state index in [1.54, 1.807) is 0 Å². The molecule has 1 aliphatic carbocycles. The maximum absolute atomic E-state index is 12.7. The van der Waals surface area contributed by atoms with Crippen LogP contribution in [0.4, 0.5) is 13.2 Å². The standard InChI is InChI=1S/C12H10ClF3O/c1-7(17)11(4-5-11)8-2-3-10(13)9(6-8)12(14,15)16/h2-3,6H,4-5H2,1H3. The van der Waals surface area contributed by atoms with Gasteiger partial charge in [-0.05, 0) is 37.5 Å².